The second-order valence-corrected chi connectivity index (χ2v) is 7.29. The maximum Gasteiger partial charge on any atom is 0.292 e. The predicted molar refractivity (Wildman–Crippen MR) is 86.7 cm³/mol. The Morgan fingerprint density at radius 2 is 1.90 bits per heavy atom. The number of aryl methyl sites for hydroxylation is 1. The first kappa shape index (κ1) is 15.8. The zero-order valence-corrected chi connectivity index (χ0v) is 13.5. The summed E-state index contributed by atoms with van der Waals surface area (Å²) in [5, 5.41) is 14.7. The quantitative estimate of drug-likeness (QED) is 0.635. The molecule has 0 heterocycles. The third-order valence-corrected chi connectivity index (χ3v) is 4.57. The maximum absolute atomic E-state index is 11.2. The average Bonchev–Trinajstić information content (AvgIpc) is 2.37. The molecule has 1 aliphatic rings. The van der Waals surface area contributed by atoms with Crippen LogP contribution in [-0.2, 0) is 0 Å². The van der Waals surface area contributed by atoms with Gasteiger partial charge in [-0.15, -0.1) is 0 Å². The smallest absolute Gasteiger partial charge is 0.292 e. The van der Waals surface area contributed by atoms with E-state index in [1.54, 1.807) is 12.1 Å². The number of nitrogens with one attached hydrogen (secondary N) is 1. The lowest BCUT2D eigenvalue weighted by molar-refractivity contribution is -0.384. The van der Waals surface area contributed by atoms with Crippen LogP contribution in [0.4, 0.5) is 11.4 Å². The Morgan fingerprint density at radius 1 is 1.24 bits per heavy atom. The van der Waals surface area contributed by atoms with Gasteiger partial charge in [-0.3, -0.25) is 10.1 Å². The fourth-order valence-corrected chi connectivity index (χ4v) is 3.46. The number of anilines is 1. The van der Waals surface area contributed by atoms with Crippen LogP contribution in [-0.4, -0.2) is 11.0 Å². The maximum atomic E-state index is 11.2. The van der Waals surface area contributed by atoms with Crippen molar-refractivity contribution in [3.05, 3.63) is 33.9 Å². The molecule has 0 radical (unpaired) electrons. The normalized spacial score (nSPS) is 22.9. The number of rotatable bonds is 3. The molecule has 0 aromatic heterocycles. The molecule has 1 aromatic rings. The summed E-state index contributed by atoms with van der Waals surface area (Å²) in [6.07, 6.45) is 4.74. The van der Waals surface area contributed by atoms with Gasteiger partial charge in [0.1, 0.15) is 5.69 Å². The van der Waals surface area contributed by atoms with Gasteiger partial charge in [-0.25, -0.2) is 0 Å². The van der Waals surface area contributed by atoms with E-state index in [2.05, 4.69) is 26.1 Å². The highest BCUT2D eigenvalue weighted by Crippen LogP contribution is 2.40. The van der Waals surface area contributed by atoms with Gasteiger partial charge >= 0.3 is 0 Å². The molecule has 4 nitrogen and oxygen atoms in total. The van der Waals surface area contributed by atoms with E-state index in [4.69, 9.17) is 0 Å². The summed E-state index contributed by atoms with van der Waals surface area (Å²) >= 11 is 0. The highest BCUT2D eigenvalue weighted by molar-refractivity contribution is 5.63. The predicted octanol–water partition coefficient (Wildman–Crippen LogP) is 4.92. The highest BCUT2D eigenvalue weighted by atomic mass is 16.6. The first-order valence-electron chi connectivity index (χ1n) is 7.80. The van der Waals surface area contributed by atoms with Crippen molar-refractivity contribution in [3.8, 4) is 0 Å². The fraction of sp³-hybridized carbons (Fsp3) is 0.647. The van der Waals surface area contributed by atoms with E-state index in [1.807, 2.05) is 13.0 Å². The zero-order chi connectivity index (χ0) is 15.6. The van der Waals surface area contributed by atoms with Crippen LogP contribution in [0, 0.1) is 28.4 Å². The van der Waals surface area contributed by atoms with Crippen molar-refractivity contribution >= 4 is 11.4 Å². The van der Waals surface area contributed by atoms with Crippen molar-refractivity contribution < 1.29 is 4.92 Å². The van der Waals surface area contributed by atoms with Crippen molar-refractivity contribution in [2.75, 3.05) is 5.32 Å². The van der Waals surface area contributed by atoms with Crippen molar-refractivity contribution in [1.82, 2.24) is 0 Å². The van der Waals surface area contributed by atoms with Crippen LogP contribution in [0.15, 0.2) is 18.2 Å². The molecule has 4 heteroatoms. The van der Waals surface area contributed by atoms with Crippen LogP contribution < -0.4 is 5.32 Å². The Labute approximate surface area is 127 Å². The number of hydrogen-bond donors (Lipinski definition) is 1. The summed E-state index contributed by atoms with van der Waals surface area (Å²) in [4.78, 5) is 10.9. The number of nitro benzene ring substituents is 1. The lowest BCUT2D eigenvalue weighted by Crippen LogP contribution is -2.39. The monoisotopic (exact) mass is 290 g/mol. The Hall–Kier alpha value is -1.58. The molecule has 116 valence electrons. The van der Waals surface area contributed by atoms with Crippen molar-refractivity contribution in [2.45, 2.75) is 59.4 Å². The van der Waals surface area contributed by atoms with E-state index in [0.29, 0.717) is 17.6 Å². The van der Waals surface area contributed by atoms with E-state index in [0.717, 1.165) is 12.0 Å². The minimum Gasteiger partial charge on any atom is -0.376 e. The molecular weight excluding hydrogens is 264 g/mol. The summed E-state index contributed by atoms with van der Waals surface area (Å²) in [7, 11) is 0. The van der Waals surface area contributed by atoms with Gasteiger partial charge in [0, 0.05) is 12.1 Å². The largest absolute Gasteiger partial charge is 0.376 e. The first-order chi connectivity index (χ1) is 9.79. The van der Waals surface area contributed by atoms with Crippen LogP contribution in [0.1, 0.15) is 52.0 Å². The van der Waals surface area contributed by atoms with Gasteiger partial charge in [0.15, 0.2) is 0 Å². The summed E-state index contributed by atoms with van der Waals surface area (Å²) in [6, 6.07) is 5.61. The molecule has 2 rings (SSSR count). The highest BCUT2D eigenvalue weighted by Gasteiger charge is 2.34. The minimum absolute atomic E-state index is 0.179. The Morgan fingerprint density at radius 3 is 2.52 bits per heavy atom. The standard InChI is InChI=1S/C17H26N2O2/c1-12-9-10-16(19(20)21)15(11-12)18-14-8-6-5-7-13(14)17(2,3)4/h9-11,13-14,18H,5-8H2,1-4H3. The van der Waals surface area contributed by atoms with Crippen molar-refractivity contribution in [1.29, 1.82) is 0 Å². The van der Waals surface area contributed by atoms with Crippen molar-refractivity contribution in [2.24, 2.45) is 11.3 Å². The van der Waals surface area contributed by atoms with E-state index < -0.39 is 0 Å². The van der Waals surface area contributed by atoms with Gasteiger partial charge in [0.05, 0.1) is 4.92 Å². The Balaban J connectivity index is 2.27. The van der Waals surface area contributed by atoms with Crippen molar-refractivity contribution in [3.63, 3.8) is 0 Å². The molecule has 1 saturated carbocycles. The molecule has 0 amide bonds. The molecule has 0 spiro atoms. The van der Waals surface area contributed by atoms with E-state index in [1.165, 1.54) is 19.3 Å². The Kier molecular flexibility index (Phi) is 4.55. The molecule has 2 atom stereocenters. The number of hydrogen-bond acceptors (Lipinski definition) is 3. The summed E-state index contributed by atoms with van der Waals surface area (Å²) in [6.45, 7) is 8.77. The summed E-state index contributed by atoms with van der Waals surface area (Å²) < 4.78 is 0. The first-order valence-corrected chi connectivity index (χ1v) is 7.80. The van der Waals surface area contributed by atoms with Crippen LogP contribution in [0.3, 0.4) is 0 Å². The lowest BCUT2D eigenvalue weighted by Gasteiger charge is -2.41. The van der Waals surface area contributed by atoms with Gasteiger partial charge in [-0.1, -0.05) is 39.7 Å². The van der Waals surface area contributed by atoms with Gasteiger partial charge in [-0.2, -0.15) is 0 Å². The fourth-order valence-electron chi connectivity index (χ4n) is 3.46. The van der Waals surface area contributed by atoms with Crippen LogP contribution in [0.2, 0.25) is 0 Å². The Bertz CT molecular complexity index is 520. The average molecular weight is 290 g/mol. The second kappa shape index (κ2) is 6.04. The molecule has 2 unspecified atom stereocenters. The van der Waals surface area contributed by atoms with Gasteiger partial charge < -0.3 is 5.32 Å². The van der Waals surface area contributed by atoms with Crippen LogP contribution in [0.5, 0.6) is 0 Å². The molecule has 1 fully saturated rings. The second-order valence-electron chi connectivity index (χ2n) is 7.29. The number of nitrogens with zero attached hydrogens (tertiary/aromatic N) is 1. The molecule has 0 bridgehead atoms. The molecule has 1 aliphatic carbocycles. The molecule has 0 saturated heterocycles. The third-order valence-electron chi connectivity index (χ3n) is 4.57. The topological polar surface area (TPSA) is 55.2 Å². The van der Waals surface area contributed by atoms with E-state index in [-0.39, 0.29) is 16.0 Å². The zero-order valence-electron chi connectivity index (χ0n) is 13.5. The number of nitro groups is 1. The molecule has 0 aliphatic heterocycles. The van der Waals surface area contributed by atoms with Crippen LogP contribution in [0.25, 0.3) is 0 Å². The molecular formula is C17H26N2O2. The van der Waals surface area contributed by atoms with Gasteiger partial charge in [0.25, 0.3) is 5.69 Å². The van der Waals surface area contributed by atoms with E-state index >= 15 is 0 Å². The van der Waals surface area contributed by atoms with E-state index in [9.17, 15) is 10.1 Å². The molecule has 1 aromatic carbocycles. The minimum atomic E-state index is -0.295. The van der Waals surface area contributed by atoms with Gasteiger partial charge in [0.2, 0.25) is 0 Å². The SMILES string of the molecule is Cc1ccc([N+](=O)[O-])c(NC2CCCCC2C(C)(C)C)c1. The third kappa shape index (κ3) is 3.74. The molecule has 1 N–H and O–H groups in total. The summed E-state index contributed by atoms with van der Waals surface area (Å²) in [5.41, 5.74) is 2.11. The molecule has 21 heavy (non-hydrogen) atoms. The number of benzene rings is 1. The van der Waals surface area contributed by atoms with Gasteiger partial charge in [-0.05, 0) is 42.7 Å². The lowest BCUT2D eigenvalue weighted by atomic mass is 9.69. The van der Waals surface area contributed by atoms with Crippen LogP contribution >= 0.6 is 0 Å². The summed E-state index contributed by atoms with van der Waals surface area (Å²) in [5.74, 6) is 0.548.